The number of rotatable bonds is 4. The smallest absolute Gasteiger partial charge is 0.168 e. The summed E-state index contributed by atoms with van der Waals surface area (Å²) in [5.41, 5.74) is 3.23. The van der Waals surface area contributed by atoms with E-state index in [2.05, 4.69) is 29.5 Å². The van der Waals surface area contributed by atoms with Crippen LogP contribution in [0, 0.1) is 17.3 Å². The lowest BCUT2D eigenvalue weighted by Gasteiger charge is -2.39. The number of likely N-dealkylation sites (tertiary alicyclic amines) is 1. The molecule has 3 saturated carbocycles. The van der Waals surface area contributed by atoms with Crippen LogP contribution in [0.2, 0.25) is 0 Å². The number of hydrogen-bond donors (Lipinski definition) is 0. The molecule has 6 fully saturated rings. The lowest BCUT2D eigenvalue weighted by atomic mass is 9.83. The minimum Gasteiger partial charge on any atom is -0.616 e. The number of nitrogens with zero attached hydrogens (tertiary/aromatic N) is 3. The van der Waals surface area contributed by atoms with Crippen molar-refractivity contribution in [2.45, 2.75) is 88.5 Å². The largest absolute Gasteiger partial charge is 0.616 e. The first kappa shape index (κ1) is 21.7. The Morgan fingerprint density at radius 1 is 1.09 bits per heavy atom. The van der Waals surface area contributed by atoms with Crippen molar-refractivity contribution in [3.63, 3.8) is 0 Å². The van der Waals surface area contributed by atoms with E-state index in [9.17, 15) is 4.55 Å². The maximum atomic E-state index is 11.7. The molecule has 0 aromatic carbocycles. The van der Waals surface area contributed by atoms with Crippen molar-refractivity contribution in [1.82, 2.24) is 14.7 Å². The third-order valence-electron chi connectivity index (χ3n) is 9.93. The highest BCUT2D eigenvalue weighted by Crippen LogP contribution is 2.64. The van der Waals surface area contributed by atoms with E-state index < -0.39 is 11.2 Å². The molecular formula is C26H39N3O3S. The molecule has 1 aromatic heterocycles. The van der Waals surface area contributed by atoms with E-state index in [0.717, 1.165) is 68.3 Å². The summed E-state index contributed by atoms with van der Waals surface area (Å²) in [6.07, 6.45) is 8.23. The molecule has 2 atom stereocenters. The van der Waals surface area contributed by atoms with Crippen molar-refractivity contribution < 1.29 is 14.0 Å². The molecule has 3 aliphatic carbocycles. The molecule has 4 heterocycles. The van der Waals surface area contributed by atoms with Crippen molar-refractivity contribution >= 4 is 11.2 Å². The first-order chi connectivity index (χ1) is 15.9. The van der Waals surface area contributed by atoms with Crippen LogP contribution in [0.25, 0.3) is 0 Å². The van der Waals surface area contributed by atoms with Crippen LogP contribution in [0.5, 0.6) is 0 Å². The molecule has 0 radical (unpaired) electrons. The third kappa shape index (κ3) is 3.55. The van der Waals surface area contributed by atoms with Crippen LogP contribution in [0.1, 0.15) is 88.1 Å². The topological polar surface area (TPSA) is 62.6 Å². The van der Waals surface area contributed by atoms with Crippen LogP contribution < -0.4 is 0 Å². The monoisotopic (exact) mass is 473 g/mol. The molecule has 0 bridgehead atoms. The predicted octanol–water partition coefficient (Wildman–Crippen LogP) is 3.81. The highest BCUT2D eigenvalue weighted by atomic mass is 32.2. The Morgan fingerprint density at radius 3 is 2.42 bits per heavy atom. The summed E-state index contributed by atoms with van der Waals surface area (Å²) in [5, 5.41) is 5.17. The average molecular weight is 474 g/mol. The van der Waals surface area contributed by atoms with Gasteiger partial charge in [0.1, 0.15) is 11.5 Å². The first-order valence-electron chi connectivity index (χ1n) is 13.4. The molecule has 33 heavy (non-hydrogen) atoms. The molecule has 6 aliphatic rings. The van der Waals surface area contributed by atoms with Gasteiger partial charge in [0, 0.05) is 49.0 Å². The van der Waals surface area contributed by atoms with E-state index >= 15 is 0 Å². The normalized spacial score (nSPS) is 37.9. The van der Waals surface area contributed by atoms with Crippen LogP contribution in [-0.4, -0.2) is 68.9 Å². The number of hydrogen-bond acceptors (Lipinski definition) is 5. The summed E-state index contributed by atoms with van der Waals surface area (Å²) < 4.78 is 25.9. The maximum absolute atomic E-state index is 11.7. The molecule has 2 spiro atoms. The van der Waals surface area contributed by atoms with Gasteiger partial charge in [-0.2, -0.15) is 5.10 Å². The highest BCUT2D eigenvalue weighted by molar-refractivity contribution is 7.92. The molecule has 1 aromatic rings. The summed E-state index contributed by atoms with van der Waals surface area (Å²) >= 11 is -0.527. The minimum atomic E-state index is -0.527. The van der Waals surface area contributed by atoms with Crippen molar-refractivity contribution in [1.29, 1.82) is 0 Å². The molecule has 7 heteroatoms. The van der Waals surface area contributed by atoms with Gasteiger partial charge in [0.05, 0.1) is 24.3 Å². The minimum absolute atomic E-state index is 0.287. The molecule has 0 amide bonds. The molecule has 182 valence electrons. The second kappa shape index (κ2) is 7.70. The molecule has 3 aliphatic heterocycles. The average Bonchev–Trinajstić information content (AvgIpc) is 3.36. The van der Waals surface area contributed by atoms with Gasteiger partial charge >= 0.3 is 0 Å². The third-order valence-corrected chi connectivity index (χ3v) is 11.8. The molecule has 2 unspecified atom stereocenters. The van der Waals surface area contributed by atoms with Gasteiger partial charge < -0.3 is 14.0 Å². The Labute approximate surface area is 200 Å². The number of fused-ring (bicyclic) bond motifs is 1. The number of ether oxygens (including phenoxy) is 2. The fourth-order valence-electron chi connectivity index (χ4n) is 8.14. The Balaban J connectivity index is 1.01. The van der Waals surface area contributed by atoms with Gasteiger partial charge in [-0.25, -0.2) is 0 Å². The van der Waals surface area contributed by atoms with Gasteiger partial charge in [-0.05, 0) is 70.4 Å². The Morgan fingerprint density at radius 2 is 1.79 bits per heavy atom. The SMILES string of the molecule is CC(C)n1nc(C2CCC3(CC2)OCCO3)cc1C1C2CC(N3CCC4(C3)C[S+]([O-])C4)CC21. The summed E-state index contributed by atoms with van der Waals surface area (Å²) in [6, 6.07) is 3.66. The summed E-state index contributed by atoms with van der Waals surface area (Å²) in [4.78, 5) is 2.76. The fraction of sp³-hybridized carbons (Fsp3) is 0.885. The van der Waals surface area contributed by atoms with Gasteiger partial charge in [0.25, 0.3) is 0 Å². The van der Waals surface area contributed by atoms with Crippen LogP contribution in [0.3, 0.4) is 0 Å². The first-order valence-corrected chi connectivity index (χ1v) is 14.9. The van der Waals surface area contributed by atoms with E-state index in [1.807, 2.05) is 0 Å². The zero-order valence-electron chi connectivity index (χ0n) is 20.2. The van der Waals surface area contributed by atoms with E-state index in [-0.39, 0.29) is 5.79 Å². The van der Waals surface area contributed by atoms with Crippen LogP contribution in [0.4, 0.5) is 0 Å². The van der Waals surface area contributed by atoms with E-state index in [1.165, 1.54) is 43.7 Å². The lowest BCUT2D eigenvalue weighted by Crippen LogP contribution is -2.50. The zero-order valence-corrected chi connectivity index (χ0v) is 21.0. The Bertz CT molecular complexity index is 885. The van der Waals surface area contributed by atoms with Crippen molar-refractivity contribution in [3.8, 4) is 0 Å². The van der Waals surface area contributed by atoms with Crippen LogP contribution in [-0.2, 0) is 20.6 Å². The van der Waals surface area contributed by atoms with Gasteiger partial charge in [-0.1, -0.05) is 11.2 Å². The van der Waals surface area contributed by atoms with Gasteiger partial charge in [-0.15, -0.1) is 0 Å². The second-order valence-corrected chi connectivity index (χ2v) is 13.8. The quantitative estimate of drug-likeness (QED) is 0.623. The molecule has 6 nitrogen and oxygen atoms in total. The van der Waals surface area contributed by atoms with Crippen LogP contribution in [0.15, 0.2) is 6.07 Å². The van der Waals surface area contributed by atoms with Crippen molar-refractivity contribution in [3.05, 3.63) is 17.5 Å². The summed E-state index contributed by atoms with van der Waals surface area (Å²) in [6.45, 7) is 8.50. The Kier molecular flexibility index (Phi) is 5.05. The Hall–Kier alpha value is -0.600. The van der Waals surface area contributed by atoms with E-state index in [0.29, 0.717) is 23.3 Å². The van der Waals surface area contributed by atoms with Gasteiger partial charge in [-0.3, -0.25) is 9.58 Å². The van der Waals surface area contributed by atoms with Crippen LogP contribution >= 0.6 is 0 Å². The summed E-state index contributed by atoms with van der Waals surface area (Å²) in [5.74, 6) is 4.59. The standard InChI is InChI=1S/C26H39N3O3S/c1-17(2)29-23(13-22(27-29)18-3-5-26(6-4-18)31-9-10-32-26)24-20-11-19(12-21(20)24)28-8-7-25(14-28)15-33(30)16-25/h13,17-21,24H,3-12,14-16H2,1-2H3. The molecule has 0 N–H and O–H groups in total. The van der Waals surface area contributed by atoms with Gasteiger partial charge in [0.15, 0.2) is 5.79 Å². The lowest BCUT2D eigenvalue weighted by molar-refractivity contribution is -0.178. The maximum Gasteiger partial charge on any atom is 0.168 e. The zero-order chi connectivity index (χ0) is 22.4. The second-order valence-electron chi connectivity index (χ2n) is 12.3. The van der Waals surface area contributed by atoms with E-state index in [1.54, 1.807) is 0 Å². The van der Waals surface area contributed by atoms with Gasteiger partial charge in [0.2, 0.25) is 0 Å². The van der Waals surface area contributed by atoms with Crippen molar-refractivity contribution in [2.24, 2.45) is 17.3 Å². The molecular weight excluding hydrogens is 434 g/mol. The predicted molar refractivity (Wildman–Crippen MR) is 128 cm³/mol. The van der Waals surface area contributed by atoms with Crippen molar-refractivity contribution in [2.75, 3.05) is 37.8 Å². The number of aromatic nitrogens is 2. The highest BCUT2D eigenvalue weighted by Gasteiger charge is 2.61. The molecule has 7 rings (SSSR count). The van der Waals surface area contributed by atoms with E-state index in [4.69, 9.17) is 14.6 Å². The fourth-order valence-corrected chi connectivity index (χ4v) is 9.89. The summed E-state index contributed by atoms with van der Waals surface area (Å²) in [7, 11) is 0. The molecule has 3 saturated heterocycles.